The monoisotopic (exact) mass is 230 g/mol. The van der Waals surface area contributed by atoms with Gasteiger partial charge in [0.05, 0.1) is 12.1 Å². The van der Waals surface area contributed by atoms with E-state index in [4.69, 9.17) is 5.26 Å². The Labute approximate surface area is 105 Å². The third kappa shape index (κ3) is 4.58. The number of hydrogen-bond donors (Lipinski definition) is 1. The second kappa shape index (κ2) is 7.09. The van der Waals surface area contributed by atoms with E-state index < -0.39 is 0 Å². The Morgan fingerprint density at radius 3 is 2.41 bits per heavy atom. The normalized spacial score (nSPS) is 14.0. The maximum Gasteiger partial charge on any atom is 0.0924 e. The summed E-state index contributed by atoms with van der Waals surface area (Å²) in [6.07, 6.45) is 2.16. The van der Waals surface area contributed by atoms with Crippen LogP contribution in [0.3, 0.4) is 0 Å². The van der Waals surface area contributed by atoms with Gasteiger partial charge < -0.3 is 5.32 Å². The summed E-state index contributed by atoms with van der Waals surface area (Å²) in [7, 11) is 0. The molecule has 1 aromatic carbocycles. The van der Waals surface area contributed by atoms with Gasteiger partial charge in [0.2, 0.25) is 0 Å². The van der Waals surface area contributed by atoms with E-state index in [1.54, 1.807) is 0 Å². The molecule has 17 heavy (non-hydrogen) atoms. The molecular weight excluding hydrogens is 208 g/mol. The highest BCUT2D eigenvalue weighted by Crippen LogP contribution is 2.18. The molecule has 0 aliphatic carbocycles. The van der Waals surface area contributed by atoms with Crippen LogP contribution in [0.15, 0.2) is 24.3 Å². The van der Waals surface area contributed by atoms with Crippen molar-refractivity contribution >= 4 is 0 Å². The number of nitriles is 1. The lowest BCUT2D eigenvalue weighted by molar-refractivity contribution is 0.640. The smallest absolute Gasteiger partial charge is 0.0924 e. The van der Waals surface area contributed by atoms with Crippen molar-refractivity contribution in [3.8, 4) is 6.07 Å². The zero-order chi connectivity index (χ0) is 12.7. The first-order valence-corrected chi connectivity index (χ1v) is 6.39. The summed E-state index contributed by atoms with van der Waals surface area (Å²) in [6, 6.07) is 10.9. The highest BCUT2D eigenvalue weighted by Gasteiger charge is 2.02. The average Bonchev–Trinajstić information content (AvgIpc) is 2.38. The number of rotatable bonds is 6. The maximum absolute atomic E-state index is 8.64. The van der Waals surface area contributed by atoms with E-state index in [1.165, 1.54) is 17.5 Å². The van der Waals surface area contributed by atoms with Gasteiger partial charge in [0.25, 0.3) is 0 Å². The lowest BCUT2D eigenvalue weighted by Crippen LogP contribution is -2.26. The molecule has 0 saturated carbocycles. The van der Waals surface area contributed by atoms with Gasteiger partial charge in [-0.2, -0.15) is 5.26 Å². The zero-order valence-corrected chi connectivity index (χ0v) is 11.0. The molecule has 92 valence electrons. The van der Waals surface area contributed by atoms with Crippen molar-refractivity contribution in [2.24, 2.45) is 0 Å². The summed E-state index contributed by atoms with van der Waals surface area (Å²) in [5.41, 5.74) is 2.74. The molecule has 2 unspecified atom stereocenters. The Morgan fingerprint density at radius 1 is 1.24 bits per heavy atom. The van der Waals surface area contributed by atoms with Crippen molar-refractivity contribution in [3.05, 3.63) is 35.4 Å². The molecule has 2 nitrogen and oxygen atoms in total. The lowest BCUT2D eigenvalue weighted by Gasteiger charge is -2.10. The van der Waals surface area contributed by atoms with Crippen LogP contribution in [0.5, 0.6) is 0 Å². The Kier molecular flexibility index (Phi) is 5.72. The molecule has 1 N–H and O–H groups in total. The lowest BCUT2D eigenvalue weighted by atomic mass is 9.97. The van der Waals surface area contributed by atoms with Gasteiger partial charge in [0.15, 0.2) is 0 Å². The van der Waals surface area contributed by atoms with Crippen molar-refractivity contribution in [3.63, 3.8) is 0 Å². The van der Waals surface area contributed by atoms with E-state index in [0.717, 1.165) is 13.0 Å². The Balaban J connectivity index is 2.43. The highest BCUT2D eigenvalue weighted by molar-refractivity contribution is 5.25. The first kappa shape index (κ1) is 13.7. The van der Waals surface area contributed by atoms with Crippen LogP contribution >= 0.6 is 0 Å². The fourth-order valence-corrected chi connectivity index (χ4v) is 1.73. The van der Waals surface area contributed by atoms with E-state index in [1.807, 2.05) is 6.92 Å². The Bertz CT molecular complexity index is 362. The van der Waals surface area contributed by atoms with Crippen LogP contribution in [0, 0.1) is 11.3 Å². The van der Waals surface area contributed by atoms with Crippen LogP contribution in [-0.2, 0) is 6.42 Å². The fraction of sp³-hybridized carbons (Fsp3) is 0.533. The summed E-state index contributed by atoms with van der Waals surface area (Å²) in [5, 5.41) is 11.8. The van der Waals surface area contributed by atoms with Gasteiger partial charge >= 0.3 is 0 Å². The minimum absolute atomic E-state index is 0.0608. The van der Waals surface area contributed by atoms with Crippen molar-refractivity contribution in [2.75, 3.05) is 6.54 Å². The highest BCUT2D eigenvalue weighted by atomic mass is 14.9. The molecule has 1 aromatic rings. The van der Waals surface area contributed by atoms with Crippen molar-refractivity contribution in [1.29, 1.82) is 5.26 Å². The first-order valence-electron chi connectivity index (χ1n) is 6.39. The van der Waals surface area contributed by atoms with E-state index >= 15 is 0 Å². The van der Waals surface area contributed by atoms with Gasteiger partial charge in [0, 0.05) is 6.54 Å². The van der Waals surface area contributed by atoms with E-state index in [2.05, 4.69) is 49.5 Å². The van der Waals surface area contributed by atoms with Crippen molar-refractivity contribution < 1.29 is 0 Å². The van der Waals surface area contributed by atoms with E-state index in [-0.39, 0.29) is 6.04 Å². The van der Waals surface area contributed by atoms with Gasteiger partial charge in [0.1, 0.15) is 0 Å². The van der Waals surface area contributed by atoms with Crippen LogP contribution in [0.2, 0.25) is 0 Å². The molecule has 0 spiro atoms. The molecular formula is C15H22N2. The summed E-state index contributed by atoms with van der Waals surface area (Å²) in [5.74, 6) is 0.640. The molecule has 0 aromatic heterocycles. The standard InChI is InChI=1S/C15H22N2/c1-4-12(2)15-7-5-14(6-8-15)9-10-17-13(3)11-16/h5-8,12-13,17H,4,9-10H2,1-3H3. The minimum atomic E-state index is -0.0608. The van der Waals surface area contributed by atoms with Gasteiger partial charge in [-0.3, -0.25) is 0 Å². The number of hydrogen-bond acceptors (Lipinski definition) is 2. The summed E-state index contributed by atoms with van der Waals surface area (Å²) in [6.45, 7) is 7.21. The minimum Gasteiger partial charge on any atom is -0.302 e. The first-order chi connectivity index (χ1) is 8.17. The van der Waals surface area contributed by atoms with E-state index in [0.29, 0.717) is 5.92 Å². The number of nitrogens with zero attached hydrogens (tertiary/aromatic N) is 1. The van der Waals surface area contributed by atoms with Gasteiger partial charge in [-0.25, -0.2) is 0 Å². The predicted octanol–water partition coefficient (Wildman–Crippen LogP) is 3.24. The van der Waals surface area contributed by atoms with Gasteiger partial charge in [-0.05, 0) is 36.8 Å². The van der Waals surface area contributed by atoms with Crippen LogP contribution in [-0.4, -0.2) is 12.6 Å². The second-order valence-corrected chi connectivity index (χ2v) is 4.61. The number of benzene rings is 1. The van der Waals surface area contributed by atoms with Gasteiger partial charge in [-0.1, -0.05) is 38.1 Å². The van der Waals surface area contributed by atoms with Crippen LogP contribution < -0.4 is 5.32 Å². The molecule has 0 fully saturated rings. The summed E-state index contributed by atoms with van der Waals surface area (Å²) >= 11 is 0. The number of nitrogens with one attached hydrogen (secondary N) is 1. The van der Waals surface area contributed by atoms with Crippen molar-refractivity contribution in [2.45, 2.75) is 45.6 Å². The quantitative estimate of drug-likeness (QED) is 0.814. The molecule has 1 rings (SSSR count). The zero-order valence-electron chi connectivity index (χ0n) is 11.0. The third-order valence-electron chi connectivity index (χ3n) is 3.22. The third-order valence-corrected chi connectivity index (χ3v) is 3.22. The van der Waals surface area contributed by atoms with Crippen LogP contribution in [0.4, 0.5) is 0 Å². The summed E-state index contributed by atoms with van der Waals surface area (Å²) in [4.78, 5) is 0. The van der Waals surface area contributed by atoms with Gasteiger partial charge in [-0.15, -0.1) is 0 Å². The molecule has 0 radical (unpaired) electrons. The predicted molar refractivity (Wildman–Crippen MR) is 71.9 cm³/mol. The van der Waals surface area contributed by atoms with Crippen LogP contribution in [0.25, 0.3) is 0 Å². The largest absolute Gasteiger partial charge is 0.302 e. The molecule has 0 saturated heterocycles. The average molecular weight is 230 g/mol. The molecule has 0 aliphatic heterocycles. The Morgan fingerprint density at radius 2 is 1.88 bits per heavy atom. The Hall–Kier alpha value is -1.33. The van der Waals surface area contributed by atoms with E-state index in [9.17, 15) is 0 Å². The summed E-state index contributed by atoms with van der Waals surface area (Å²) < 4.78 is 0. The molecule has 2 atom stereocenters. The molecule has 0 amide bonds. The SMILES string of the molecule is CCC(C)c1ccc(CCNC(C)C#N)cc1. The molecule has 0 bridgehead atoms. The molecule has 0 heterocycles. The molecule has 2 heteroatoms. The topological polar surface area (TPSA) is 35.8 Å². The van der Waals surface area contributed by atoms with Crippen LogP contribution in [0.1, 0.15) is 44.2 Å². The second-order valence-electron chi connectivity index (χ2n) is 4.61. The van der Waals surface area contributed by atoms with Crippen molar-refractivity contribution in [1.82, 2.24) is 5.32 Å². The molecule has 0 aliphatic rings. The maximum atomic E-state index is 8.64. The fourth-order valence-electron chi connectivity index (χ4n) is 1.73.